The zero-order valence-corrected chi connectivity index (χ0v) is 11.7. The van der Waals surface area contributed by atoms with Crippen LogP contribution in [0.5, 0.6) is 0 Å². The number of nitrogens with zero attached hydrogens (tertiary/aromatic N) is 4. The molecule has 1 unspecified atom stereocenters. The molecule has 2 heterocycles. The van der Waals surface area contributed by atoms with Crippen molar-refractivity contribution >= 4 is 5.91 Å². The van der Waals surface area contributed by atoms with Gasteiger partial charge in [0.1, 0.15) is 0 Å². The summed E-state index contributed by atoms with van der Waals surface area (Å²) in [6, 6.07) is 9.58. The largest absolute Gasteiger partial charge is 0.396 e. The lowest BCUT2D eigenvalue weighted by molar-refractivity contribution is 0.0779. The van der Waals surface area contributed by atoms with E-state index in [-0.39, 0.29) is 12.5 Å². The molecule has 1 amide bonds. The van der Waals surface area contributed by atoms with Gasteiger partial charge in [-0.3, -0.25) is 4.79 Å². The fraction of sp³-hybridized carbons (Fsp3) is 0.400. The molecule has 1 aliphatic rings. The summed E-state index contributed by atoms with van der Waals surface area (Å²) in [4.78, 5) is 14.2. The number of carbonyl (C=O) groups excluding carboxylic acids is 1. The lowest BCUT2D eigenvalue weighted by Crippen LogP contribution is -2.29. The smallest absolute Gasteiger partial charge is 0.276 e. The molecular formula is C15H18N4O2. The molecule has 1 aromatic heterocycles. The third-order valence-corrected chi connectivity index (χ3v) is 3.84. The molecule has 1 saturated heterocycles. The first kappa shape index (κ1) is 13.8. The van der Waals surface area contributed by atoms with Crippen molar-refractivity contribution in [3.8, 4) is 5.69 Å². The molecule has 0 spiro atoms. The standard InChI is InChI=1S/C15H18N4O2/c20-9-7-12-6-8-18(10-12)15(21)14-11-19(17-16-14)13-4-2-1-3-5-13/h1-5,11-12,20H,6-10H2. The van der Waals surface area contributed by atoms with E-state index >= 15 is 0 Å². The summed E-state index contributed by atoms with van der Waals surface area (Å²) < 4.78 is 1.61. The molecule has 2 aromatic rings. The Kier molecular flexibility index (Phi) is 3.96. The Morgan fingerprint density at radius 3 is 2.90 bits per heavy atom. The van der Waals surface area contributed by atoms with Crippen LogP contribution in [0.4, 0.5) is 0 Å². The average molecular weight is 286 g/mol. The highest BCUT2D eigenvalue weighted by Crippen LogP contribution is 2.20. The fourth-order valence-electron chi connectivity index (χ4n) is 2.67. The molecule has 1 aromatic carbocycles. The predicted molar refractivity (Wildman–Crippen MR) is 77.1 cm³/mol. The summed E-state index contributed by atoms with van der Waals surface area (Å²) in [7, 11) is 0. The molecule has 0 radical (unpaired) electrons. The summed E-state index contributed by atoms with van der Waals surface area (Å²) in [5.74, 6) is 0.306. The average Bonchev–Trinajstić information content (AvgIpc) is 3.17. The van der Waals surface area contributed by atoms with Gasteiger partial charge in [-0.15, -0.1) is 5.10 Å². The second kappa shape index (κ2) is 6.05. The topological polar surface area (TPSA) is 71.2 Å². The van der Waals surface area contributed by atoms with Crippen LogP contribution >= 0.6 is 0 Å². The monoisotopic (exact) mass is 286 g/mol. The van der Waals surface area contributed by atoms with Crippen LogP contribution in [0.3, 0.4) is 0 Å². The van der Waals surface area contributed by atoms with Crippen molar-refractivity contribution in [2.45, 2.75) is 12.8 Å². The molecule has 6 heteroatoms. The van der Waals surface area contributed by atoms with Crippen LogP contribution in [-0.2, 0) is 0 Å². The third-order valence-electron chi connectivity index (χ3n) is 3.84. The first-order valence-electron chi connectivity index (χ1n) is 7.16. The summed E-state index contributed by atoms with van der Waals surface area (Å²) in [5.41, 5.74) is 1.24. The van der Waals surface area contributed by atoms with Gasteiger partial charge in [0.15, 0.2) is 5.69 Å². The first-order valence-corrected chi connectivity index (χ1v) is 7.16. The Morgan fingerprint density at radius 1 is 1.33 bits per heavy atom. The quantitative estimate of drug-likeness (QED) is 0.914. The van der Waals surface area contributed by atoms with Crippen LogP contribution in [-0.4, -0.2) is 50.6 Å². The lowest BCUT2D eigenvalue weighted by atomic mass is 10.1. The molecule has 110 valence electrons. The molecular weight excluding hydrogens is 268 g/mol. The van der Waals surface area contributed by atoms with E-state index in [9.17, 15) is 4.79 Å². The molecule has 0 bridgehead atoms. The van der Waals surface area contributed by atoms with Gasteiger partial charge in [0.2, 0.25) is 0 Å². The first-order chi connectivity index (χ1) is 10.3. The summed E-state index contributed by atoms with van der Waals surface area (Å²) in [6.45, 7) is 1.59. The van der Waals surface area contributed by atoms with Crippen LogP contribution in [0.2, 0.25) is 0 Å². The molecule has 21 heavy (non-hydrogen) atoms. The number of aromatic nitrogens is 3. The van der Waals surface area contributed by atoms with E-state index in [1.807, 2.05) is 30.3 Å². The Balaban J connectivity index is 1.70. The number of benzene rings is 1. The number of likely N-dealkylation sites (tertiary alicyclic amines) is 1. The normalized spacial score (nSPS) is 18.1. The third kappa shape index (κ3) is 2.95. The number of aliphatic hydroxyl groups excluding tert-OH is 1. The molecule has 0 saturated carbocycles. The van der Waals surface area contributed by atoms with E-state index in [1.165, 1.54) is 0 Å². The highest BCUT2D eigenvalue weighted by Gasteiger charge is 2.28. The van der Waals surface area contributed by atoms with E-state index in [2.05, 4.69) is 10.3 Å². The van der Waals surface area contributed by atoms with Crippen molar-refractivity contribution < 1.29 is 9.90 Å². The van der Waals surface area contributed by atoms with Crippen molar-refractivity contribution in [3.05, 3.63) is 42.2 Å². The van der Waals surface area contributed by atoms with Gasteiger partial charge in [0.05, 0.1) is 11.9 Å². The minimum atomic E-state index is -0.0855. The molecule has 3 rings (SSSR count). The summed E-state index contributed by atoms with van der Waals surface area (Å²) in [5, 5.41) is 17.0. The minimum absolute atomic E-state index is 0.0855. The van der Waals surface area contributed by atoms with Crippen LogP contribution in [0.25, 0.3) is 5.69 Å². The number of para-hydroxylation sites is 1. The van der Waals surface area contributed by atoms with Crippen LogP contribution < -0.4 is 0 Å². The Hall–Kier alpha value is -2.21. The second-order valence-electron chi connectivity index (χ2n) is 5.30. The van der Waals surface area contributed by atoms with Crippen molar-refractivity contribution in [3.63, 3.8) is 0 Å². The molecule has 1 N–H and O–H groups in total. The Morgan fingerprint density at radius 2 is 2.14 bits per heavy atom. The maximum absolute atomic E-state index is 12.4. The van der Waals surface area contributed by atoms with Gasteiger partial charge in [-0.1, -0.05) is 23.4 Å². The number of amides is 1. The van der Waals surface area contributed by atoms with Gasteiger partial charge in [-0.2, -0.15) is 0 Å². The van der Waals surface area contributed by atoms with Gasteiger partial charge in [-0.25, -0.2) is 4.68 Å². The zero-order valence-electron chi connectivity index (χ0n) is 11.7. The number of hydrogen-bond donors (Lipinski definition) is 1. The van der Waals surface area contributed by atoms with Crippen LogP contribution in [0.15, 0.2) is 36.5 Å². The van der Waals surface area contributed by atoms with Gasteiger partial charge in [-0.05, 0) is 30.9 Å². The maximum Gasteiger partial charge on any atom is 0.276 e. The molecule has 0 aliphatic carbocycles. The highest BCUT2D eigenvalue weighted by atomic mass is 16.3. The summed E-state index contributed by atoms with van der Waals surface area (Å²) >= 11 is 0. The number of aliphatic hydroxyl groups is 1. The molecule has 6 nitrogen and oxygen atoms in total. The number of carbonyl (C=O) groups is 1. The van der Waals surface area contributed by atoms with E-state index in [4.69, 9.17) is 5.11 Å². The van der Waals surface area contributed by atoms with E-state index < -0.39 is 0 Å². The van der Waals surface area contributed by atoms with Crippen molar-refractivity contribution in [1.82, 2.24) is 19.9 Å². The van der Waals surface area contributed by atoms with E-state index in [1.54, 1.807) is 15.8 Å². The van der Waals surface area contributed by atoms with Gasteiger partial charge >= 0.3 is 0 Å². The van der Waals surface area contributed by atoms with Crippen molar-refractivity contribution in [1.29, 1.82) is 0 Å². The fourth-order valence-corrected chi connectivity index (χ4v) is 2.67. The van der Waals surface area contributed by atoms with Gasteiger partial charge < -0.3 is 10.0 Å². The minimum Gasteiger partial charge on any atom is -0.396 e. The Bertz CT molecular complexity index is 611. The number of hydrogen-bond acceptors (Lipinski definition) is 4. The zero-order chi connectivity index (χ0) is 14.7. The van der Waals surface area contributed by atoms with Crippen LogP contribution in [0.1, 0.15) is 23.3 Å². The van der Waals surface area contributed by atoms with E-state index in [0.717, 1.165) is 25.1 Å². The molecule has 1 aliphatic heterocycles. The van der Waals surface area contributed by atoms with Gasteiger partial charge in [0, 0.05) is 19.7 Å². The SMILES string of the molecule is O=C(c1cn(-c2ccccc2)nn1)N1CCC(CCO)C1. The second-order valence-corrected chi connectivity index (χ2v) is 5.30. The van der Waals surface area contributed by atoms with Crippen LogP contribution in [0, 0.1) is 5.92 Å². The Labute approximate surface area is 123 Å². The highest BCUT2D eigenvalue weighted by molar-refractivity contribution is 5.92. The lowest BCUT2D eigenvalue weighted by Gasteiger charge is -2.14. The van der Waals surface area contributed by atoms with Crippen molar-refractivity contribution in [2.75, 3.05) is 19.7 Å². The predicted octanol–water partition coefficient (Wildman–Crippen LogP) is 1.11. The van der Waals surface area contributed by atoms with Crippen molar-refractivity contribution in [2.24, 2.45) is 5.92 Å². The van der Waals surface area contributed by atoms with Gasteiger partial charge in [0.25, 0.3) is 5.91 Å². The molecule has 1 fully saturated rings. The maximum atomic E-state index is 12.4. The summed E-state index contributed by atoms with van der Waals surface area (Å²) in [6.07, 6.45) is 3.36. The molecule has 1 atom stereocenters. The van der Waals surface area contributed by atoms with E-state index in [0.29, 0.717) is 18.2 Å². The number of rotatable bonds is 4.